The van der Waals surface area contributed by atoms with Gasteiger partial charge in [-0.25, -0.2) is 14.5 Å². The summed E-state index contributed by atoms with van der Waals surface area (Å²) in [5.74, 6) is -0.400. The van der Waals surface area contributed by atoms with Gasteiger partial charge in [-0.2, -0.15) is 5.10 Å². The Labute approximate surface area is 204 Å². The van der Waals surface area contributed by atoms with Crippen LogP contribution >= 0.6 is 45.8 Å². The number of nitrogens with one attached hydrogen (secondary N) is 1. The second-order valence-electron chi connectivity index (χ2n) is 7.16. The lowest BCUT2D eigenvalue weighted by atomic mass is 10.1. The Morgan fingerprint density at radius 1 is 1.10 bits per heavy atom. The van der Waals surface area contributed by atoms with E-state index in [0.29, 0.717) is 21.4 Å². The fraction of sp³-hybridized carbons (Fsp3) is 0.227. The minimum atomic E-state index is -0.400. The number of halogens is 3. The summed E-state index contributed by atoms with van der Waals surface area (Å²) < 4.78 is 2.61. The summed E-state index contributed by atoms with van der Waals surface area (Å²) in [4.78, 5) is 16.8. The first kappa shape index (κ1) is 22.1. The van der Waals surface area contributed by atoms with E-state index < -0.39 is 5.91 Å². The Morgan fingerprint density at radius 2 is 1.81 bits per heavy atom. The normalized spacial score (nSPS) is 14.3. The summed E-state index contributed by atoms with van der Waals surface area (Å²) in [5, 5.41) is 7.30. The zero-order valence-corrected chi connectivity index (χ0v) is 20.1. The Morgan fingerprint density at radius 3 is 2.45 bits per heavy atom. The lowest BCUT2D eigenvalue weighted by Crippen LogP contribution is -2.45. The second kappa shape index (κ2) is 9.57. The third kappa shape index (κ3) is 4.72. The summed E-state index contributed by atoms with van der Waals surface area (Å²) in [7, 11) is 0. The van der Waals surface area contributed by atoms with Crippen LogP contribution in [0.1, 0.15) is 29.8 Å². The van der Waals surface area contributed by atoms with Gasteiger partial charge in [0, 0.05) is 21.7 Å². The van der Waals surface area contributed by atoms with E-state index in [2.05, 4.69) is 38.0 Å². The highest BCUT2D eigenvalue weighted by atomic mass is 127. The second-order valence-corrected chi connectivity index (χ2v) is 9.25. The number of rotatable bonds is 4. The number of nitrogens with zero attached hydrogens (tertiary/aromatic N) is 4. The number of aromatic nitrogens is 2. The summed E-state index contributed by atoms with van der Waals surface area (Å²) in [6.45, 7) is 9.38. The van der Waals surface area contributed by atoms with Crippen LogP contribution in [0.3, 0.4) is 0 Å². The molecule has 0 bridgehead atoms. The minimum absolute atomic E-state index is 0.0696. The van der Waals surface area contributed by atoms with Crippen LogP contribution in [-0.4, -0.2) is 33.8 Å². The first-order valence-electron chi connectivity index (χ1n) is 9.75. The maximum atomic E-state index is 13.1. The van der Waals surface area contributed by atoms with Crippen LogP contribution in [0.15, 0.2) is 42.5 Å². The molecular weight excluding hydrogens is 548 g/mol. The van der Waals surface area contributed by atoms with Crippen molar-refractivity contribution in [2.24, 2.45) is 0 Å². The van der Waals surface area contributed by atoms with Crippen LogP contribution in [0.25, 0.3) is 21.8 Å². The van der Waals surface area contributed by atoms with Gasteiger partial charge >= 0.3 is 0 Å². The van der Waals surface area contributed by atoms with Gasteiger partial charge in [-0.15, -0.1) is 0 Å². The fourth-order valence-electron chi connectivity index (χ4n) is 3.57. The lowest BCUT2D eigenvalue weighted by molar-refractivity contribution is 0.0745. The van der Waals surface area contributed by atoms with Crippen molar-refractivity contribution in [2.75, 3.05) is 13.1 Å². The predicted octanol–water partition coefficient (Wildman–Crippen LogP) is 6.13. The summed E-state index contributed by atoms with van der Waals surface area (Å²) in [6.07, 6.45) is 3.21. The molecule has 9 heteroatoms. The SMILES string of the molecule is [C-]#[N+]c1c(C(=O)NN2CCCCC2)nn(-c2ccc(Cl)cc2Cl)c1-c1ccc(I)cc1. The number of amides is 1. The minimum Gasteiger partial charge on any atom is -0.285 e. The van der Waals surface area contributed by atoms with Gasteiger partial charge in [0.1, 0.15) is 0 Å². The van der Waals surface area contributed by atoms with Crippen molar-refractivity contribution in [3.05, 3.63) is 73.2 Å². The molecule has 1 amide bonds. The molecule has 1 N–H and O–H groups in total. The maximum Gasteiger partial charge on any atom is 0.275 e. The quantitative estimate of drug-likeness (QED) is 0.306. The number of hydrazine groups is 1. The number of hydrogen-bond donors (Lipinski definition) is 1. The predicted molar refractivity (Wildman–Crippen MR) is 131 cm³/mol. The largest absolute Gasteiger partial charge is 0.285 e. The molecule has 0 saturated carbocycles. The molecule has 1 aromatic heterocycles. The van der Waals surface area contributed by atoms with Crippen molar-refractivity contribution in [1.82, 2.24) is 20.2 Å². The third-order valence-corrected chi connectivity index (χ3v) is 6.32. The van der Waals surface area contributed by atoms with E-state index in [1.165, 1.54) is 0 Å². The van der Waals surface area contributed by atoms with Gasteiger partial charge in [0.05, 0.1) is 23.0 Å². The van der Waals surface area contributed by atoms with E-state index in [1.807, 2.05) is 29.3 Å². The summed E-state index contributed by atoms with van der Waals surface area (Å²) in [5.41, 5.74) is 4.98. The molecule has 0 aliphatic carbocycles. The van der Waals surface area contributed by atoms with Crippen LogP contribution in [0, 0.1) is 10.1 Å². The molecule has 158 valence electrons. The molecule has 1 saturated heterocycles. The van der Waals surface area contributed by atoms with Crippen molar-refractivity contribution < 1.29 is 4.79 Å². The van der Waals surface area contributed by atoms with Crippen LogP contribution < -0.4 is 5.43 Å². The zero-order chi connectivity index (χ0) is 22.0. The van der Waals surface area contributed by atoms with Gasteiger partial charge in [-0.3, -0.25) is 10.2 Å². The van der Waals surface area contributed by atoms with Gasteiger partial charge in [-0.1, -0.05) is 41.8 Å². The molecule has 1 aliphatic rings. The molecule has 6 nitrogen and oxygen atoms in total. The van der Waals surface area contributed by atoms with Crippen LogP contribution in [0.5, 0.6) is 0 Å². The molecule has 0 atom stereocenters. The Balaban J connectivity index is 1.85. The van der Waals surface area contributed by atoms with E-state index >= 15 is 0 Å². The average molecular weight is 566 g/mol. The summed E-state index contributed by atoms with van der Waals surface area (Å²) >= 11 is 14.7. The molecule has 0 radical (unpaired) electrons. The van der Waals surface area contributed by atoms with Crippen molar-refractivity contribution in [1.29, 1.82) is 0 Å². The Hall–Kier alpha value is -2.12. The van der Waals surface area contributed by atoms with Gasteiger partial charge in [0.2, 0.25) is 5.69 Å². The Bertz CT molecular complexity index is 1160. The topological polar surface area (TPSA) is 54.5 Å². The van der Waals surface area contributed by atoms with Crippen molar-refractivity contribution in [2.45, 2.75) is 19.3 Å². The third-order valence-electron chi connectivity index (χ3n) is 5.06. The maximum absolute atomic E-state index is 13.1. The van der Waals surface area contributed by atoms with Crippen LogP contribution in [-0.2, 0) is 0 Å². The molecule has 3 aromatic rings. The molecule has 31 heavy (non-hydrogen) atoms. The van der Waals surface area contributed by atoms with E-state index in [-0.39, 0.29) is 11.4 Å². The molecule has 0 spiro atoms. The van der Waals surface area contributed by atoms with Gasteiger partial charge in [0.25, 0.3) is 5.91 Å². The average Bonchev–Trinajstić information content (AvgIpc) is 3.14. The molecule has 4 rings (SSSR count). The highest BCUT2D eigenvalue weighted by Gasteiger charge is 2.27. The lowest BCUT2D eigenvalue weighted by Gasteiger charge is -2.26. The molecular formula is C22H18Cl2IN5O. The fourth-order valence-corrected chi connectivity index (χ4v) is 4.41. The van der Waals surface area contributed by atoms with E-state index in [0.717, 1.165) is 41.5 Å². The van der Waals surface area contributed by atoms with Gasteiger partial charge in [0.15, 0.2) is 5.69 Å². The number of benzene rings is 2. The van der Waals surface area contributed by atoms with Crippen LogP contribution in [0.2, 0.25) is 10.0 Å². The van der Waals surface area contributed by atoms with Gasteiger partial charge in [-0.05, 0) is 71.3 Å². The van der Waals surface area contributed by atoms with Gasteiger partial charge < -0.3 is 0 Å². The standard InChI is InChI=1S/C22H18Cl2IN5O/c1-26-19-20(22(31)28-29-11-3-2-4-12-29)27-30(18-10-7-15(23)13-17(18)24)21(19)14-5-8-16(25)9-6-14/h5-10,13H,2-4,11-12H2,(H,28,31). The van der Waals surface area contributed by atoms with Crippen LogP contribution in [0.4, 0.5) is 5.69 Å². The molecule has 1 fully saturated rings. The van der Waals surface area contributed by atoms with Crippen molar-refractivity contribution in [3.63, 3.8) is 0 Å². The highest BCUT2D eigenvalue weighted by Crippen LogP contribution is 2.38. The molecule has 0 unspecified atom stereocenters. The number of hydrogen-bond acceptors (Lipinski definition) is 3. The summed E-state index contributed by atoms with van der Waals surface area (Å²) in [6, 6.07) is 12.7. The van der Waals surface area contributed by atoms with E-state index in [1.54, 1.807) is 22.9 Å². The van der Waals surface area contributed by atoms with Crippen molar-refractivity contribution >= 4 is 57.4 Å². The zero-order valence-electron chi connectivity index (χ0n) is 16.4. The molecule has 2 aromatic carbocycles. The first-order chi connectivity index (χ1) is 15.0. The van der Waals surface area contributed by atoms with Crippen molar-refractivity contribution in [3.8, 4) is 16.9 Å². The smallest absolute Gasteiger partial charge is 0.275 e. The van der Waals surface area contributed by atoms with E-state index in [9.17, 15) is 4.79 Å². The number of piperidine rings is 1. The molecule has 1 aliphatic heterocycles. The first-order valence-corrected chi connectivity index (χ1v) is 11.6. The van der Waals surface area contributed by atoms with E-state index in [4.69, 9.17) is 29.8 Å². The monoisotopic (exact) mass is 565 g/mol. The Kier molecular flexibility index (Phi) is 6.82. The number of carbonyl (C=O) groups excluding carboxylic acids is 1. The number of carbonyl (C=O) groups is 1. The molecule has 2 heterocycles. The highest BCUT2D eigenvalue weighted by molar-refractivity contribution is 14.1.